The molecule has 3 rings (SSSR count). The average molecular weight is 274 g/mol. The van der Waals surface area contributed by atoms with Crippen LogP contribution in [0.2, 0.25) is 0 Å². The summed E-state index contributed by atoms with van der Waals surface area (Å²) in [6.45, 7) is 0.799. The van der Waals surface area contributed by atoms with Gasteiger partial charge in [-0.15, -0.1) is 0 Å². The number of fused-ring (bicyclic) bond motifs is 1. The first-order valence-corrected chi connectivity index (χ1v) is 6.32. The van der Waals surface area contributed by atoms with Gasteiger partial charge in [-0.25, -0.2) is 4.79 Å². The van der Waals surface area contributed by atoms with Gasteiger partial charge >= 0.3 is 6.03 Å². The Bertz CT molecular complexity index is 759. The van der Waals surface area contributed by atoms with Crippen LogP contribution in [0.3, 0.4) is 0 Å². The summed E-state index contributed by atoms with van der Waals surface area (Å²) in [7, 11) is 1.61. The van der Waals surface area contributed by atoms with Crippen LogP contribution in [0.5, 0.6) is 0 Å². The van der Waals surface area contributed by atoms with Crippen LogP contribution >= 0.6 is 0 Å². The minimum Gasteiger partial charge on any atom is -0.336 e. The number of carbonyl (C=O) groups excluding carboxylic acids is 2. The molecule has 0 radical (unpaired) electrons. The number of nitrogens with one attached hydrogen (secondary N) is 1. The van der Waals surface area contributed by atoms with Crippen molar-refractivity contribution in [1.82, 2.24) is 19.6 Å². The van der Waals surface area contributed by atoms with Crippen molar-refractivity contribution in [2.45, 2.75) is 6.54 Å². The molecule has 1 aromatic heterocycles. The highest BCUT2D eigenvalue weighted by Gasteiger charge is 2.27. The third-order valence-corrected chi connectivity index (χ3v) is 3.51. The molecule has 3 amide bonds. The Balaban J connectivity index is 1.99. The minimum absolute atomic E-state index is 0.0350. The number of nitrogens with zero attached hydrogens (tertiary/aromatic N) is 3. The smallest absolute Gasteiger partial charge is 0.324 e. The summed E-state index contributed by atoms with van der Waals surface area (Å²) in [4.78, 5) is 36.9. The number of imide groups is 1. The van der Waals surface area contributed by atoms with Crippen molar-refractivity contribution in [2.24, 2.45) is 7.05 Å². The maximum absolute atomic E-state index is 12.2. The summed E-state index contributed by atoms with van der Waals surface area (Å²) in [5, 5.41) is 3.15. The second-order valence-electron chi connectivity index (χ2n) is 4.68. The SMILES string of the molecule is Cn1c(=O)c2ccccc2n1CC(=O)N1CCNC1=O. The van der Waals surface area contributed by atoms with Gasteiger partial charge in [0.1, 0.15) is 6.54 Å². The number of carbonyl (C=O) groups is 2. The molecule has 2 heterocycles. The largest absolute Gasteiger partial charge is 0.336 e. The topological polar surface area (TPSA) is 76.3 Å². The number of amides is 3. The number of hydrogen-bond acceptors (Lipinski definition) is 3. The highest BCUT2D eigenvalue weighted by atomic mass is 16.2. The second kappa shape index (κ2) is 4.52. The van der Waals surface area contributed by atoms with Crippen molar-refractivity contribution in [3.8, 4) is 0 Å². The van der Waals surface area contributed by atoms with Gasteiger partial charge < -0.3 is 5.32 Å². The van der Waals surface area contributed by atoms with E-state index in [2.05, 4.69) is 5.32 Å². The predicted molar refractivity (Wildman–Crippen MR) is 72.3 cm³/mol. The normalized spacial score (nSPS) is 14.8. The molecular weight excluding hydrogens is 260 g/mol. The third-order valence-electron chi connectivity index (χ3n) is 3.51. The highest BCUT2D eigenvalue weighted by molar-refractivity contribution is 5.96. The average Bonchev–Trinajstić information content (AvgIpc) is 2.97. The zero-order chi connectivity index (χ0) is 14.3. The second-order valence-corrected chi connectivity index (χ2v) is 4.68. The van der Waals surface area contributed by atoms with E-state index in [1.807, 2.05) is 6.07 Å². The molecule has 0 aliphatic carbocycles. The highest BCUT2D eigenvalue weighted by Crippen LogP contribution is 2.11. The first kappa shape index (κ1) is 12.5. The van der Waals surface area contributed by atoms with Crippen LogP contribution in [0.25, 0.3) is 10.9 Å². The van der Waals surface area contributed by atoms with Gasteiger partial charge in [-0.1, -0.05) is 12.1 Å². The third kappa shape index (κ3) is 1.78. The van der Waals surface area contributed by atoms with Gasteiger partial charge in [0, 0.05) is 20.1 Å². The summed E-state index contributed by atoms with van der Waals surface area (Å²) in [6.07, 6.45) is 0. The fourth-order valence-corrected chi connectivity index (χ4v) is 2.44. The Morgan fingerprint density at radius 2 is 2.05 bits per heavy atom. The molecule has 1 aliphatic heterocycles. The van der Waals surface area contributed by atoms with Gasteiger partial charge in [-0.05, 0) is 12.1 Å². The van der Waals surface area contributed by atoms with Crippen molar-refractivity contribution in [3.63, 3.8) is 0 Å². The Kier molecular flexibility index (Phi) is 2.81. The zero-order valence-electron chi connectivity index (χ0n) is 11.0. The van der Waals surface area contributed by atoms with E-state index in [1.54, 1.807) is 29.9 Å². The first-order chi connectivity index (χ1) is 9.59. The lowest BCUT2D eigenvalue weighted by Gasteiger charge is -2.14. The summed E-state index contributed by atoms with van der Waals surface area (Å²) in [5.41, 5.74) is 0.534. The van der Waals surface area contributed by atoms with Crippen LogP contribution in [-0.2, 0) is 18.4 Å². The van der Waals surface area contributed by atoms with E-state index >= 15 is 0 Å². The number of rotatable bonds is 2. The molecule has 2 aromatic rings. The molecule has 7 nitrogen and oxygen atoms in total. The van der Waals surface area contributed by atoms with E-state index in [-0.39, 0.29) is 24.0 Å². The van der Waals surface area contributed by atoms with Gasteiger partial charge in [-0.2, -0.15) is 0 Å². The molecule has 1 fully saturated rings. The Hall–Kier alpha value is -2.57. The van der Waals surface area contributed by atoms with Crippen molar-refractivity contribution in [2.75, 3.05) is 13.1 Å². The van der Waals surface area contributed by atoms with Crippen LogP contribution in [-0.4, -0.2) is 39.3 Å². The van der Waals surface area contributed by atoms with Crippen molar-refractivity contribution < 1.29 is 9.59 Å². The predicted octanol–water partition coefficient (Wildman–Crippen LogP) is -0.108. The van der Waals surface area contributed by atoms with Crippen LogP contribution in [0.1, 0.15) is 0 Å². The summed E-state index contributed by atoms with van der Waals surface area (Å²) in [5.74, 6) is -0.323. The first-order valence-electron chi connectivity index (χ1n) is 6.32. The van der Waals surface area contributed by atoms with Gasteiger partial charge in [0.05, 0.1) is 10.9 Å². The lowest BCUT2D eigenvalue weighted by atomic mass is 10.2. The Morgan fingerprint density at radius 1 is 1.30 bits per heavy atom. The fourth-order valence-electron chi connectivity index (χ4n) is 2.44. The molecule has 20 heavy (non-hydrogen) atoms. The van der Waals surface area contributed by atoms with Crippen LogP contribution in [0.4, 0.5) is 4.79 Å². The molecule has 1 saturated heterocycles. The monoisotopic (exact) mass is 274 g/mol. The van der Waals surface area contributed by atoms with E-state index in [9.17, 15) is 14.4 Å². The quantitative estimate of drug-likeness (QED) is 0.830. The van der Waals surface area contributed by atoms with E-state index in [0.717, 1.165) is 0 Å². The molecule has 7 heteroatoms. The van der Waals surface area contributed by atoms with Crippen molar-refractivity contribution in [1.29, 1.82) is 0 Å². The number of hydrogen-bond donors (Lipinski definition) is 1. The molecule has 0 bridgehead atoms. The standard InChI is InChI=1S/C13H14N4O3/c1-15-12(19)9-4-2-3-5-10(9)17(15)8-11(18)16-7-6-14-13(16)20/h2-5H,6-8H2,1H3,(H,14,20). The molecule has 1 aromatic carbocycles. The van der Waals surface area contributed by atoms with Crippen LogP contribution in [0, 0.1) is 0 Å². The lowest BCUT2D eigenvalue weighted by molar-refractivity contribution is -0.128. The number of para-hydroxylation sites is 1. The van der Waals surface area contributed by atoms with Gasteiger partial charge in [0.25, 0.3) is 11.5 Å². The van der Waals surface area contributed by atoms with E-state index < -0.39 is 0 Å². The number of benzene rings is 1. The van der Waals surface area contributed by atoms with Crippen molar-refractivity contribution >= 4 is 22.8 Å². The molecule has 1 N–H and O–H groups in total. The molecular formula is C13H14N4O3. The summed E-state index contributed by atoms with van der Waals surface area (Å²) < 4.78 is 2.99. The Morgan fingerprint density at radius 3 is 2.75 bits per heavy atom. The molecule has 0 saturated carbocycles. The van der Waals surface area contributed by atoms with Gasteiger partial charge in [0.2, 0.25) is 0 Å². The Labute approximate surface area is 114 Å². The maximum Gasteiger partial charge on any atom is 0.324 e. The molecule has 1 aliphatic rings. The van der Waals surface area contributed by atoms with Gasteiger partial charge in [-0.3, -0.25) is 23.9 Å². The maximum atomic E-state index is 12.2. The lowest BCUT2D eigenvalue weighted by Crippen LogP contribution is -2.37. The summed E-state index contributed by atoms with van der Waals surface area (Å²) >= 11 is 0. The molecule has 0 atom stereocenters. The fraction of sp³-hybridized carbons (Fsp3) is 0.308. The van der Waals surface area contributed by atoms with Gasteiger partial charge in [0.15, 0.2) is 0 Å². The molecule has 104 valence electrons. The minimum atomic E-state index is -0.378. The number of aromatic nitrogens is 2. The van der Waals surface area contributed by atoms with E-state index in [0.29, 0.717) is 24.0 Å². The van der Waals surface area contributed by atoms with E-state index in [1.165, 1.54) is 9.58 Å². The van der Waals surface area contributed by atoms with E-state index in [4.69, 9.17) is 0 Å². The molecule has 0 spiro atoms. The van der Waals surface area contributed by atoms with Crippen LogP contribution in [0.15, 0.2) is 29.1 Å². The molecule has 0 unspecified atom stereocenters. The zero-order valence-corrected chi connectivity index (χ0v) is 11.0. The van der Waals surface area contributed by atoms with Crippen molar-refractivity contribution in [3.05, 3.63) is 34.6 Å². The summed E-state index contributed by atoms with van der Waals surface area (Å²) in [6, 6.07) is 6.72. The van der Waals surface area contributed by atoms with Crippen LogP contribution < -0.4 is 10.9 Å². The number of urea groups is 1.